The van der Waals surface area contributed by atoms with Crippen molar-refractivity contribution in [3.8, 4) is 0 Å². The molecule has 20 heavy (non-hydrogen) atoms. The van der Waals surface area contributed by atoms with Crippen molar-refractivity contribution >= 4 is 17.3 Å². The minimum atomic E-state index is 0.136. The Labute approximate surface area is 129 Å². The second kappa shape index (κ2) is 7.33. The first-order valence-electron chi connectivity index (χ1n) is 7.60. The van der Waals surface area contributed by atoms with E-state index in [1.54, 1.807) is 0 Å². The number of hydrogen-bond acceptors (Lipinski definition) is 2. The van der Waals surface area contributed by atoms with Crippen LogP contribution in [0.3, 0.4) is 0 Å². The van der Waals surface area contributed by atoms with Crippen molar-refractivity contribution < 1.29 is 0 Å². The van der Waals surface area contributed by atoms with E-state index in [1.165, 1.54) is 11.3 Å². The first-order chi connectivity index (χ1) is 9.33. The molecule has 0 saturated carbocycles. The second-order valence-corrected chi connectivity index (χ2v) is 6.51. The van der Waals surface area contributed by atoms with Gasteiger partial charge in [0.2, 0.25) is 0 Å². The maximum Gasteiger partial charge on any atom is 0.0474 e. The Morgan fingerprint density at radius 2 is 1.95 bits per heavy atom. The molecule has 1 aromatic rings. The third-order valence-corrected chi connectivity index (χ3v) is 4.64. The first-order valence-corrected chi connectivity index (χ1v) is 7.98. The van der Waals surface area contributed by atoms with E-state index in [9.17, 15) is 0 Å². The zero-order valence-electron chi connectivity index (χ0n) is 13.8. The van der Waals surface area contributed by atoms with E-state index >= 15 is 0 Å². The molecule has 0 aliphatic carbocycles. The summed E-state index contributed by atoms with van der Waals surface area (Å²) in [5.74, 6) is 0. The van der Waals surface area contributed by atoms with Gasteiger partial charge in [-0.05, 0) is 57.9 Å². The first kappa shape index (κ1) is 17.3. The van der Waals surface area contributed by atoms with Gasteiger partial charge in [0.15, 0.2) is 0 Å². The summed E-state index contributed by atoms with van der Waals surface area (Å²) < 4.78 is 0. The Hall–Kier alpha value is -0.730. The third-order valence-electron chi connectivity index (χ3n) is 4.31. The van der Waals surface area contributed by atoms with E-state index in [1.807, 2.05) is 0 Å². The van der Waals surface area contributed by atoms with Crippen LogP contribution in [0.15, 0.2) is 18.2 Å². The maximum absolute atomic E-state index is 6.47. The number of rotatable bonds is 7. The molecule has 0 radical (unpaired) electrons. The fourth-order valence-corrected chi connectivity index (χ4v) is 2.47. The van der Waals surface area contributed by atoms with Gasteiger partial charge in [0.25, 0.3) is 0 Å². The minimum Gasteiger partial charge on any atom is -0.369 e. The molecule has 0 amide bonds. The molecule has 1 aromatic carbocycles. The van der Waals surface area contributed by atoms with Gasteiger partial charge in [0.1, 0.15) is 0 Å². The molecule has 1 N–H and O–H groups in total. The fraction of sp³-hybridized carbons (Fsp3) is 0.647. The van der Waals surface area contributed by atoms with Crippen LogP contribution in [0.2, 0.25) is 5.02 Å². The van der Waals surface area contributed by atoms with Crippen molar-refractivity contribution in [1.29, 1.82) is 0 Å². The van der Waals surface area contributed by atoms with Gasteiger partial charge in [-0.15, -0.1) is 0 Å². The van der Waals surface area contributed by atoms with Crippen LogP contribution in [0.5, 0.6) is 0 Å². The number of nitrogens with one attached hydrogen (secondary N) is 1. The molecule has 1 atom stereocenters. The zero-order valence-corrected chi connectivity index (χ0v) is 14.5. The lowest BCUT2D eigenvalue weighted by molar-refractivity contribution is 0.470. The SMILES string of the molecule is CCCNC(C)c1ccc(N(C)C(C)(C)CC)cc1Cl. The highest BCUT2D eigenvalue weighted by molar-refractivity contribution is 6.31. The monoisotopic (exact) mass is 296 g/mol. The van der Waals surface area contributed by atoms with Crippen LogP contribution in [0.25, 0.3) is 0 Å². The van der Waals surface area contributed by atoms with Crippen LogP contribution in [0.1, 0.15) is 59.1 Å². The highest BCUT2D eigenvalue weighted by atomic mass is 35.5. The van der Waals surface area contributed by atoms with Crippen LogP contribution in [0.4, 0.5) is 5.69 Å². The molecule has 2 nitrogen and oxygen atoms in total. The summed E-state index contributed by atoms with van der Waals surface area (Å²) in [7, 11) is 2.13. The van der Waals surface area contributed by atoms with Gasteiger partial charge in [-0.2, -0.15) is 0 Å². The van der Waals surface area contributed by atoms with E-state index in [0.29, 0.717) is 6.04 Å². The third kappa shape index (κ3) is 4.13. The lowest BCUT2D eigenvalue weighted by Gasteiger charge is -2.37. The van der Waals surface area contributed by atoms with Gasteiger partial charge in [0.05, 0.1) is 0 Å². The number of nitrogens with zero attached hydrogens (tertiary/aromatic N) is 1. The lowest BCUT2D eigenvalue weighted by atomic mass is 9.98. The number of anilines is 1. The average molecular weight is 297 g/mol. The van der Waals surface area contributed by atoms with E-state index in [4.69, 9.17) is 11.6 Å². The number of benzene rings is 1. The quantitative estimate of drug-likeness (QED) is 0.759. The van der Waals surface area contributed by atoms with E-state index in [0.717, 1.165) is 24.4 Å². The summed E-state index contributed by atoms with van der Waals surface area (Å²) in [6.07, 6.45) is 2.23. The highest BCUT2D eigenvalue weighted by Gasteiger charge is 2.22. The molecule has 1 rings (SSSR count). The molecule has 0 heterocycles. The van der Waals surface area contributed by atoms with Crippen LogP contribution >= 0.6 is 11.6 Å². The van der Waals surface area contributed by atoms with Crippen molar-refractivity contribution in [2.45, 2.75) is 59.0 Å². The van der Waals surface area contributed by atoms with Crippen LogP contribution in [0, 0.1) is 0 Å². The predicted molar refractivity (Wildman–Crippen MR) is 90.9 cm³/mol. The summed E-state index contributed by atoms with van der Waals surface area (Å²) in [6, 6.07) is 6.69. The number of hydrogen-bond donors (Lipinski definition) is 1. The normalized spacial score (nSPS) is 13.3. The Kier molecular flexibility index (Phi) is 6.35. The zero-order chi connectivity index (χ0) is 15.3. The lowest BCUT2D eigenvalue weighted by Crippen LogP contribution is -2.40. The average Bonchev–Trinajstić information content (AvgIpc) is 2.43. The van der Waals surface area contributed by atoms with E-state index in [2.05, 4.69) is 70.1 Å². The molecule has 0 saturated heterocycles. The largest absolute Gasteiger partial charge is 0.369 e. The number of halogens is 1. The highest BCUT2D eigenvalue weighted by Crippen LogP contribution is 2.31. The summed E-state index contributed by atoms with van der Waals surface area (Å²) in [5, 5.41) is 4.33. The summed E-state index contributed by atoms with van der Waals surface area (Å²) >= 11 is 6.47. The van der Waals surface area contributed by atoms with Crippen molar-refractivity contribution in [2.75, 3.05) is 18.5 Å². The molecular weight excluding hydrogens is 268 g/mol. The van der Waals surface area contributed by atoms with Crippen molar-refractivity contribution in [3.05, 3.63) is 28.8 Å². The van der Waals surface area contributed by atoms with Gasteiger partial charge in [-0.1, -0.05) is 31.5 Å². The Morgan fingerprint density at radius 3 is 2.45 bits per heavy atom. The van der Waals surface area contributed by atoms with Gasteiger partial charge < -0.3 is 10.2 Å². The smallest absolute Gasteiger partial charge is 0.0474 e. The Bertz CT molecular complexity index is 429. The van der Waals surface area contributed by atoms with Crippen molar-refractivity contribution in [1.82, 2.24) is 5.32 Å². The van der Waals surface area contributed by atoms with Gasteiger partial charge >= 0.3 is 0 Å². The van der Waals surface area contributed by atoms with Crippen molar-refractivity contribution in [3.63, 3.8) is 0 Å². The summed E-state index contributed by atoms with van der Waals surface area (Å²) in [6.45, 7) is 12.1. The summed E-state index contributed by atoms with van der Waals surface area (Å²) in [5.41, 5.74) is 2.48. The van der Waals surface area contributed by atoms with E-state index < -0.39 is 0 Å². The maximum atomic E-state index is 6.47. The molecule has 0 fully saturated rings. The molecule has 1 unspecified atom stereocenters. The van der Waals surface area contributed by atoms with E-state index in [-0.39, 0.29) is 5.54 Å². The second-order valence-electron chi connectivity index (χ2n) is 6.11. The fourth-order valence-electron chi connectivity index (χ4n) is 2.13. The molecule has 0 aliphatic rings. The summed E-state index contributed by atoms with van der Waals surface area (Å²) in [4.78, 5) is 2.30. The molecule has 3 heteroatoms. The standard InChI is InChI=1S/C17H29ClN2/c1-7-11-19-13(3)15-10-9-14(12-16(15)18)20(6)17(4,5)8-2/h9-10,12-13,19H,7-8,11H2,1-6H3. The van der Waals surface area contributed by atoms with Gasteiger partial charge in [-0.3, -0.25) is 0 Å². The molecule has 0 aliphatic heterocycles. The van der Waals surface area contributed by atoms with Gasteiger partial charge in [0, 0.05) is 29.3 Å². The Morgan fingerprint density at radius 1 is 1.30 bits per heavy atom. The molecular formula is C17H29ClN2. The van der Waals surface area contributed by atoms with Gasteiger partial charge in [-0.25, -0.2) is 0 Å². The molecule has 0 bridgehead atoms. The van der Waals surface area contributed by atoms with Crippen LogP contribution < -0.4 is 10.2 Å². The van der Waals surface area contributed by atoms with Crippen molar-refractivity contribution in [2.24, 2.45) is 0 Å². The van der Waals surface area contributed by atoms with Crippen LogP contribution in [-0.2, 0) is 0 Å². The topological polar surface area (TPSA) is 15.3 Å². The Balaban J connectivity index is 2.93. The minimum absolute atomic E-state index is 0.136. The van der Waals surface area contributed by atoms with Crippen LogP contribution in [-0.4, -0.2) is 19.1 Å². The predicted octanol–water partition coefficient (Wildman–Crippen LogP) is 5.03. The molecule has 0 spiro atoms. The molecule has 0 aromatic heterocycles. The molecule has 114 valence electrons.